The van der Waals surface area contributed by atoms with Crippen LogP contribution in [0, 0.1) is 5.92 Å². The van der Waals surface area contributed by atoms with E-state index in [0.717, 1.165) is 25.3 Å². The van der Waals surface area contributed by atoms with Gasteiger partial charge >= 0.3 is 0 Å². The summed E-state index contributed by atoms with van der Waals surface area (Å²) < 4.78 is 5.98. The third kappa shape index (κ3) is 4.78. The van der Waals surface area contributed by atoms with E-state index in [0.29, 0.717) is 24.1 Å². The van der Waals surface area contributed by atoms with Crippen LogP contribution >= 0.6 is 22.9 Å². The Balaban J connectivity index is 1.69. The van der Waals surface area contributed by atoms with Crippen LogP contribution in [0.5, 0.6) is 5.75 Å². The Kier molecular flexibility index (Phi) is 6.57. The topological polar surface area (TPSA) is 41.6 Å². The number of carbonyl (C=O) groups excluding carboxylic acids is 1. The fourth-order valence-corrected chi connectivity index (χ4v) is 4.20. The molecule has 2 aromatic rings. The van der Waals surface area contributed by atoms with Gasteiger partial charge in [0.25, 0.3) is 0 Å². The zero-order chi connectivity index (χ0) is 18.5. The highest BCUT2D eigenvalue weighted by atomic mass is 35.5. The van der Waals surface area contributed by atoms with Crippen molar-refractivity contribution in [1.82, 2.24) is 10.2 Å². The van der Waals surface area contributed by atoms with E-state index >= 15 is 0 Å². The SMILES string of the molecule is CC(C)CNCC(=O)N1CCc2sccc2C1COc1ccc(Cl)cc1. The third-order valence-electron chi connectivity index (χ3n) is 4.47. The Morgan fingerprint density at radius 3 is 2.85 bits per heavy atom. The lowest BCUT2D eigenvalue weighted by molar-refractivity contribution is -0.133. The Morgan fingerprint density at radius 2 is 2.12 bits per heavy atom. The van der Waals surface area contributed by atoms with Crippen molar-refractivity contribution in [2.45, 2.75) is 26.3 Å². The molecule has 1 aliphatic rings. The van der Waals surface area contributed by atoms with Crippen LogP contribution in [0.25, 0.3) is 0 Å². The van der Waals surface area contributed by atoms with Crippen LogP contribution in [0.1, 0.15) is 30.3 Å². The van der Waals surface area contributed by atoms with Gasteiger partial charge in [0.1, 0.15) is 12.4 Å². The van der Waals surface area contributed by atoms with Gasteiger partial charge in [-0.25, -0.2) is 0 Å². The number of rotatable bonds is 7. The molecular weight excluding hydrogens is 368 g/mol. The zero-order valence-electron chi connectivity index (χ0n) is 15.2. The summed E-state index contributed by atoms with van der Waals surface area (Å²) in [5.74, 6) is 1.42. The van der Waals surface area contributed by atoms with Gasteiger partial charge in [-0.15, -0.1) is 11.3 Å². The molecule has 1 atom stereocenters. The Hall–Kier alpha value is -1.56. The molecule has 1 amide bonds. The molecule has 1 aliphatic heterocycles. The summed E-state index contributed by atoms with van der Waals surface area (Å²) in [7, 11) is 0. The van der Waals surface area contributed by atoms with Crippen molar-refractivity contribution in [2.75, 3.05) is 26.2 Å². The number of halogens is 1. The van der Waals surface area contributed by atoms with E-state index in [4.69, 9.17) is 16.3 Å². The highest BCUT2D eigenvalue weighted by Gasteiger charge is 2.31. The number of ether oxygens (including phenoxy) is 1. The second-order valence-electron chi connectivity index (χ2n) is 6.94. The summed E-state index contributed by atoms with van der Waals surface area (Å²) in [6.45, 7) is 6.67. The van der Waals surface area contributed by atoms with E-state index in [1.165, 1.54) is 10.4 Å². The predicted molar refractivity (Wildman–Crippen MR) is 107 cm³/mol. The van der Waals surface area contributed by atoms with Gasteiger partial charge in [-0.3, -0.25) is 4.79 Å². The maximum absolute atomic E-state index is 12.8. The summed E-state index contributed by atoms with van der Waals surface area (Å²) >= 11 is 7.70. The summed E-state index contributed by atoms with van der Waals surface area (Å²) in [4.78, 5) is 16.1. The Morgan fingerprint density at radius 1 is 1.35 bits per heavy atom. The number of fused-ring (bicyclic) bond motifs is 1. The molecule has 0 aliphatic carbocycles. The predicted octanol–water partition coefficient (Wildman–Crippen LogP) is 4.15. The van der Waals surface area contributed by atoms with Gasteiger partial charge in [-0.2, -0.15) is 0 Å². The second-order valence-corrected chi connectivity index (χ2v) is 8.38. The highest BCUT2D eigenvalue weighted by molar-refractivity contribution is 7.10. The standard InChI is InChI=1S/C20H25ClN2O2S/c1-14(2)11-22-12-20(24)23-9-7-19-17(8-10-26-19)18(23)13-25-16-5-3-15(21)4-6-16/h3-6,8,10,14,18,22H,7,9,11-13H2,1-2H3. The van der Waals surface area contributed by atoms with Crippen molar-refractivity contribution in [3.63, 3.8) is 0 Å². The average molecular weight is 393 g/mol. The minimum atomic E-state index is -0.0472. The molecule has 0 spiro atoms. The van der Waals surface area contributed by atoms with E-state index in [1.54, 1.807) is 11.3 Å². The summed E-state index contributed by atoms with van der Waals surface area (Å²) in [5.41, 5.74) is 1.22. The monoisotopic (exact) mass is 392 g/mol. The summed E-state index contributed by atoms with van der Waals surface area (Å²) in [6.07, 6.45) is 0.917. The number of hydrogen-bond donors (Lipinski definition) is 1. The number of nitrogens with zero attached hydrogens (tertiary/aromatic N) is 1. The van der Waals surface area contributed by atoms with Crippen LogP contribution < -0.4 is 10.1 Å². The van der Waals surface area contributed by atoms with Crippen LogP contribution in [0.2, 0.25) is 5.02 Å². The molecular formula is C20H25ClN2O2S. The molecule has 0 bridgehead atoms. The third-order valence-corrected chi connectivity index (χ3v) is 5.71. The average Bonchev–Trinajstić information content (AvgIpc) is 3.09. The second kappa shape index (κ2) is 8.89. The van der Waals surface area contributed by atoms with Gasteiger partial charge < -0.3 is 15.0 Å². The van der Waals surface area contributed by atoms with Gasteiger partial charge in [0.2, 0.25) is 5.91 Å². The zero-order valence-corrected chi connectivity index (χ0v) is 16.8. The van der Waals surface area contributed by atoms with Crippen molar-refractivity contribution in [3.05, 3.63) is 51.2 Å². The smallest absolute Gasteiger partial charge is 0.237 e. The van der Waals surface area contributed by atoms with Crippen molar-refractivity contribution < 1.29 is 9.53 Å². The number of amides is 1. The number of benzene rings is 1. The number of hydrogen-bond acceptors (Lipinski definition) is 4. The fourth-order valence-electron chi connectivity index (χ4n) is 3.15. The van der Waals surface area contributed by atoms with Crippen molar-refractivity contribution in [3.8, 4) is 5.75 Å². The van der Waals surface area contributed by atoms with Crippen molar-refractivity contribution >= 4 is 28.8 Å². The molecule has 1 unspecified atom stereocenters. The minimum absolute atomic E-state index is 0.0472. The number of carbonyl (C=O) groups is 1. The van der Waals surface area contributed by atoms with Crippen molar-refractivity contribution in [1.29, 1.82) is 0 Å². The largest absolute Gasteiger partial charge is 0.491 e. The van der Waals surface area contributed by atoms with Crippen LogP contribution in [-0.2, 0) is 11.2 Å². The van der Waals surface area contributed by atoms with E-state index in [1.807, 2.05) is 29.2 Å². The molecule has 26 heavy (non-hydrogen) atoms. The maximum Gasteiger partial charge on any atom is 0.237 e. The van der Waals surface area contributed by atoms with Crippen LogP contribution in [0.15, 0.2) is 35.7 Å². The molecule has 1 aromatic carbocycles. The summed E-state index contributed by atoms with van der Waals surface area (Å²) in [6, 6.07) is 9.41. The molecule has 140 valence electrons. The molecule has 1 aromatic heterocycles. The van der Waals surface area contributed by atoms with E-state index < -0.39 is 0 Å². The first-order chi connectivity index (χ1) is 12.5. The van der Waals surface area contributed by atoms with Gasteiger partial charge in [0.05, 0.1) is 12.6 Å². The first kappa shape index (κ1) is 19.2. The minimum Gasteiger partial charge on any atom is -0.491 e. The van der Waals surface area contributed by atoms with E-state index in [2.05, 4.69) is 30.6 Å². The molecule has 0 radical (unpaired) electrons. The first-order valence-electron chi connectivity index (χ1n) is 8.99. The maximum atomic E-state index is 12.8. The van der Waals surface area contributed by atoms with E-state index in [-0.39, 0.29) is 11.9 Å². The van der Waals surface area contributed by atoms with Gasteiger partial charge in [-0.05, 0) is 60.2 Å². The van der Waals surface area contributed by atoms with Gasteiger partial charge in [-0.1, -0.05) is 25.4 Å². The number of thiophene rings is 1. The molecule has 6 heteroatoms. The summed E-state index contributed by atoms with van der Waals surface area (Å²) in [5, 5.41) is 6.04. The Labute approximate surface area is 164 Å². The molecule has 3 rings (SSSR count). The lowest BCUT2D eigenvalue weighted by atomic mass is 10.0. The first-order valence-corrected chi connectivity index (χ1v) is 10.2. The lowest BCUT2D eigenvalue weighted by Gasteiger charge is -2.36. The molecule has 0 saturated heterocycles. The fraction of sp³-hybridized carbons (Fsp3) is 0.450. The van der Waals surface area contributed by atoms with Crippen LogP contribution in [0.4, 0.5) is 0 Å². The van der Waals surface area contributed by atoms with Gasteiger partial charge in [0.15, 0.2) is 0 Å². The van der Waals surface area contributed by atoms with E-state index in [9.17, 15) is 4.79 Å². The van der Waals surface area contributed by atoms with Crippen LogP contribution in [-0.4, -0.2) is 37.0 Å². The molecule has 1 N–H and O–H groups in total. The van der Waals surface area contributed by atoms with Gasteiger partial charge in [0, 0.05) is 16.4 Å². The molecule has 2 heterocycles. The number of nitrogens with one attached hydrogen (secondary N) is 1. The normalized spacial score (nSPS) is 16.6. The van der Waals surface area contributed by atoms with Crippen molar-refractivity contribution in [2.24, 2.45) is 5.92 Å². The molecule has 0 saturated carbocycles. The molecule has 4 nitrogen and oxygen atoms in total. The Bertz CT molecular complexity index is 730. The van der Waals surface area contributed by atoms with Crippen LogP contribution in [0.3, 0.4) is 0 Å². The quantitative estimate of drug-likeness (QED) is 0.769. The highest BCUT2D eigenvalue weighted by Crippen LogP contribution is 2.34. The molecule has 0 fully saturated rings. The lowest BCUT2D eigenvalue weighted by Crippen LogP contribution is -2.46.